The van der Waals surface area contributed by atoms with Crippen LogP contribution in [-0.2, 0) is 0 Å². The molecule has 0 aromatic heterocycles. The van der Waals surface area contributed by atoms with Crippen molar-refractivity contribution in [3.05, 3.63) is 70.8 Å². The fourth-order valence-corrected chi connectivity index (χ4v) is 3.14. The largest absolute Gasteiger partial charge is 0.294 e. The van der Waals surface area contributed by atoms with E-state index in [4.69, 9.17) is 0 Å². The third-order valence-corrected chi connectivity index (χ3v) is 4.65. The molecule has 2 aromatic carbocycles. The fourth-order valence-electron chi connectivity index (χ4n) is 3.14. The predicted molar refractivity (Wildman–Crippen MR) is 92.7 cm³/mol. The normalized spacial score (nSPS) is 14.3. The van der Waals surface area contributed by atoms with Crippen LogP contribution in [0.5, 0.6) is 0 Å². The van der Waals surface area contributed by atoms with Gasteiger partial charge in [-0.1, -0.05) is 62.4 Å². The zero-order chi connectivity index (χ0) is 17.3. The van der Waals surface area contributed by atoms with Gasteiger partial charge in [0.1, 0.15) is 0 Å². The molecule has 3 heteroatoms. The van der Waals surface area contributed by atoms with Gasteiger partial charge in [0.25, 0.3) is 0 Å². The molecule has 122 valence electrons. The van der Waals surface area contributed by atoms with Crippen molar-refractivity contribution >= 4 is 17.3 Å². The minimum atomic E-state index is -0.707. The number of rotatable bonds is 5. The molecule has 0 saturated heterocycles. The summed E-state index contributed by atoms with van der Waals surface area (Å²) >= 11 is 0. The van der Waals surface area contributed by atoms with E-state index in [1.807, 2.05) is 24.3 Å². The standard InChI is InChI=1S/C21H20O3/c1-13(2)14-7-9-15(10-8-14)19(22)12-11-18-20(23)16-5-3-4-6-17(16)21(18)24/h3-10,13,18H,11-12H2,1-2H3. The summed E-state index contributed by atoms with van der Waals surface area (Å²) < 4.78 is 0. The van der Waals surface area contributed by atoms with Crippen LogP contribution in [0.15, 0.2) is 48.5 Å². The van der Waals surface area contributed by atoms with Crippen molar-refractivity contribution in [2.45, 2.75) is 32.6 Å². The molecule has 0 bridgehead atoms. The van der Waals surface area contributed by atoms with Gasteiger partial charge < -0.3 is 0 Å². The molecule has 3 nitrogen and oxygen atoms in total. The van der Waals surface area contributed by atoms with E-state index in [9.17, 15) is 14.4 Å². The Morgan fingerprint density at radius 1 is 0.917 bits per heavy atom. The van der Waals surface area contributed by atoms with E-state index in [2.05, 4.69) is 13.8 Å². The number of fused-ring (bicyclic) bond motifs is 1. The SMILES string of the molecule is CC(C)c1ccc(C(=O)CCC2C(=O)c3ccccc3C2=O)cc1. The fraction of sp³-hybridized carbons (Fsp3) is 0.286. The van der Waals surface area contributed by atoms with Gasteiger partial charge in [-0.25, -0.2) is 0 Å². The van der Waals surface area contributed by atoms with Gasteiger partial charge in [-0.3, -0.25) is 14.4 Å². The smallest absolute Gasteiger partial charge is 0.174 e. The number of carbonyl (C=O) groups excluding carboxylic acids is 3. The Balaban J connectivity index is 1.67. The number of Topliss-reactive ketones (excluding diaryl/α,β-unsaturated/α-hetero) is 3. The van der Waals surface area contributed by atoms with Crippen LogP contribution >= 0.6 is 0 Å². The van der Waals surface area contributed by atoms with Crippen molar-refractivity contribution in [2.75, 3.05) is 0 Å². The van der Waals surface area contributed by atoms with E-state index in [1.165, 1.54) is 5.56 Å². The summed E-state index contributed by atoms with van der Waals surface area (Å²) in [7, 11) is 0. The molecule has 3 rings (SSSR count). The van der Waals surface area contributed by atoms with Crippen LogP contribution < -0.4 is 0 Å². The minimum Gasteiger partial charge on any atom is -0.294 e. The molecule has 0 aliphatic heterocycles. The molecule has 2 aromatic rings. The van der Waals surface area contributed by atoms with Gasteiger partial charge in [-0.15, -0.1) is 0 Å². The van der Waals surface area contributed by atoms with Gasteiger partial charge in [0, 0.05) is 23.1 Å². The molecule has 0 saturated carbocycles. The van der Waals surface area contributed by atoms with Gasteiger partial charge in [-0.2, -0.15) is 0 Å². The van der Waals surface area contributed by atoms with E-state index < -0.39 is 5.92 Å². The second-order valence-corrected chi connectivity index (χ2v) is 6.57. The lowest BCUT2D eigenvalue weighted by Gasteiger charge is -2.08. The summed E-state index contributed by atoms with van der Waals surface area (Å²) in [5, 5.41) is 0. The quantitative estimate of drug-likeness (QED) is 0.603. The van der Waals surface area contributed by atoms with Crippen LogP contribution in [0.4, 0.5) is 0 Å². The van der Waals surface area contributed by atoms with Crippen molar-refractivity contribution in [1.29, 1.82) is 0 Å². The van der Waals surface area contributed by atoms with Gasteiger partial charge in [0.15, 0.2) is 17.3 Å². The lowest BCUT2D eigenvalue weighted by Crippen LogP contribution is -2.16. The summed E-state index contributed by atoms with van der Waals surface area (Å²) in [6.07, 6.45) is 0.480. The molecular formula is C21H20O3. The number of hydrogen-bond acceptors (Lipinski definition) is 3. The van der Waals surface area contributed by atoms with E-state index in [0.717, 1.165) is 0 Å². The summed E-state index contributed by atoms with van der Waals surface area (Å²) in [6, 6.07) is 14.4. The van der Waals surface area contributed by atoms with Gasteiger partial charge in [-0.05, 0) is 17.9 Å². The molecule has 1 aliphatic carbocycles. The van der Waals surface area contributed by atoms with Crippen LogP contribution in [0.25, 0.3) is 0 Å². The Hall–Kier alpha value is -2.55. The predicted octanol–water partition coefficient (Wildman–Crippen LogP) is 4.47. The third-order valence-electron chi connectivity index (χ3n) is 4.65. The number of benzene rings is 2. The molecule has 0 spiro atoms. The highest BCUT2D eigenvalue weighted by molar-refractivity contribution is 6.26. The summed E-state index contributed by atoms with van der Waals surface area (Å²) in [5.74, 6) is -0.623. The van der Waals surface area contributed by atoms with Crippen LogP contribution in [0.3, 0.4) is 0 Å². The zero-order valence-electron chi connectivity index (χ0n) is 13.9. The molecule has 24 heavy (non-hydrogen) atoms. The Morgan fingerprint density at radius 3 is 1.96 bits per heavy atom. The Morgan fingerprint density at radius 2 is 1.46 bits per heavy atom. The second-order valence-electron chi connectivity index (χ2n) is 6.57. The first kappa shape index (κ1) is 16.3. The van der Waals surface area contributed by atoms with Crippen molar-refractivity contribution in [3.63, 3.8) is 0 Å². The van der Waals surface area contributed by atoms with E-state index in [0.29, 0.717) is 22.6 Å². The van der Waals surface area contributed by atoms with Gasteiger partial charge in [0.05, 0.1) is 5.92 Å². The summed E-state index contributed by atoms with van der Waals surface area (Å²) in [4.78, 5) is 37.0. The minimum absolute atomic E-state index is 0.0261. The van der Waals surface area contributed by atoms with Crippen LogP contribution in [0.1, 0.15) is 69.2 Å². The Kier molecular flexibility index (Phi) is 4.43. The Bertz CT molecular complexity index is 765. The van der Waals surface area contributed by atoms with E-state index >= 15 is 0 Å². The van der Waals surface area contributed by atoms with Gasteiger partial charge >= 0.3 is 0 Å². The molecule has 0 radical (unpaired) electrons. The maximum absolute atomic E-state index is 12.3. The lowest BCUT2D eigenvalue weighted by atomic mass is 9.94. The second kappa shape index (κ2) is 6.52. The van der Waals surface area contributed by atoms with Crippen molar-refractivity contribution in [3.8, 4) is 0 Å². The van der Waals surface area contributed by atoms with Crippen molar-refractivity contribution < 1.29 is 14.4 Å². The lowest BCUT2D eigenvalue weighted by molar-refractivity contribution is 0.0823. The first-order valence-electron chi connectivity index (χ1n) is 8.29. The maximum atomic E-state index is 12.3. The molecule has 0 amide bonds. The number of carbonyl (C=O) groups is 3. The van der Waals surface area contributed by atoms with E-state index in [1.54, 1.807) is 24.3 Å². The summed E-state index contributed by atoms with van der Waals surface area (Å²) in [6.45, 7) is 4.21. The highest BCUT2D eigenvalue weighted by Crippen LogP contribution is 2.30. The molecule has 0 N–H and O–H groups in total. The number of hydrogen-bond donors (Lipinski definition) is 0. The average molecular weight is 320 g/mol. The molecule has 0 fully saturated rings. The zero-order valence-corrected chi connectivity index (χ0v) is 13.9. The maximum Gasteiger partial charge on any atom is 0.174 e. The monoisotopic (exact) mass is 320 g/mol. The van der Waals surface area contributed by atoms with Crippen molar-refractivity contribution in [1.82, 2.24) is 0 Å². The molecule has 0 atom stereocenters. The van der Waals surface area contributed by atoms with Crippen LogP contribution in [0.2, 0.25) is 0 Å². The third kappa shape index (κ3) is 2.94. The Labute approximate surface area is 141 Å². The van der Waals surface area contributed by atoms with Crippen LogP contribution in [-0.4, -0.2) is 17.3 Å². The molecule has 0 unspecified atom stereocenters. The molecular weight excluding hydrogens is 300 g/mol. The molecule has 1 aliphatic rings. The van der Waals surface area contributed by atoms with Crippen molar-refractivity contribution in [2.24, 2.45) is 5.92 Å². The highest BCUT2D eigenvalue weighted by atomic mass is 16.2. The number of ketones is 3. The first-order valence-corrected chi connectivity index (χ1v) is 8.29. The summed E-state index contributed by atoms with van der Waals surface area (Å²) in [5.41, 5.74) is 2.79. The van der Waals surface area contributed by atoms with Gasteiger partial charge in [0.2, 0.25) is 0 Å². The average Bonchev–Trinajstić information content (AvgIpc) is 2.84. The van der Waals surface area contributed by atoms with Crippen LogP contribution in [0, 0.1) is 5.92 Å². The highest BCUT2D eigenvalue weighted by Gasteiger charge is 2.37. The molecule has 0 heterocycles. The topological polar surface area (TPSA) is 51.2 Å². The first-order chi connectivity index (χ1) is 11.5. The van der Waals surface area contributed by atoms with E-state index in [-0.39, 0.29) is 30.2 Å².